The van der Waals surface area contributed by atoms with E-state index in [1.165, 1.54) is 13.2 Å². The number of carbonyl (C=O) groups excluding carboxylic acids is 1. The fourth-order valence-electron chi connectivity index (χ4n) is 2.36. The van der Waals surface area contributed by atoms with Gasteiger partial charge < -0.3 is 19.2 Å². The molecule has 0 amide bonds. The summed E-state index contributed by atoms with van der Waals surface area (Å²) >= 11 is 0. The molecular formula is C19H19ClN2O4. The number of aromatic amines is 1. The Bertz CT molecular complexity index is 888. The molecule has 136 valence electrons. The van der Waals surface area contributed by atoms with E-state index in [-0.39, 0.29) is 12.4 Å². The summed E-state index contributed by atoms with van der Waals surface area (Å²) in [6, 6.07) is 13.2. The van der Waals surface area contributed by atoms with Gasteiger partial charge in [-0.25, -0.2) is 9.78 Å². The molecule has 3 aromatic rings. The largest absolute Gasteiger partial charge is 0.493 e. The first-order valence-electron chi connectivity index (χ1n) is 7.70. The summed E-state index contributed by atoms with van der Waals surface area (Å²) in [6.45, 7) is 0.294. The van der Waals surface area contributed by atoms with E-state index in [4.69, 9.17) is 9.47 Å². The predicted octanol–water partition coefficient (Wildman–Crippen LogP) is 3.76. The van der Waals surface area contributed by atoms with Gasteiger partial charge in [0.25, 0.3) is 0 Å². The molecule has 7 heteroatoms. The molecule has 0 aliphatic heterocycles. The predicted molar refractivity (Wildman–Crippen MR) is 102 cm³/mol. The van der Waals surface area contributed by atoms with Crippen molar-refractivity contribution in [2.75, 3.05) is 14.2 Å². The quantitative estimate of drug-likeness (QED) is 0.525. The summed E-state index contributed by atoms with van der Waals surface area (Å²) in [4.78, 5) is 18.9. The second-order valence-corrected chi connectivity index (χ2v) is 5.26. The molecule has 0 atom stereocenters. The van der Waals surface area contributed by atoms with Crippen LogP contribution in [0.15, 0.2) is 48.5 Å². The van der Waals surface area contributed by atoms with Gasteiger partial charge >= 0.3 is 5.97 Å². The first-order chi connectivity index (χ1) is 12.2. The van der Waals surface area contributed by atoms with Crippen molar-refractivity contribution < 1.29 is 19.0 Å². The van der Waals surface area contributed by atoms with Gasteiger partial charge in [0.2, 0.25) is 0 Å². The van der Waals surface area contributed by atoms with Crippen molar-refractivity contribution >= 4 is 35.5 Å². The third-order valence-corrected chi connectivity index (χ3v) is 3.60. The van der Waals surface area contributed by atoms with E-state index in [9.17, 15) is 4.79 Å². The number of methoxy groups -OCH3 is 2. The van der Waals surface area contributed by atoms with Crippen molar-refractivity contribution in [3.8, 4) is 11.5 Å². The van der Waals surface area contributed by atoms with Crippen molar-refractivity contribution in [1.82, 2.24) is 9.97 Å². The van der Waals surface area contributed by atoms with E-state index in [2.05, 4.69) is 14.7 Å². The zero-order valence-corrected chi connectivity index (χ0v) is 15.2. The molecular weight excluding hydrogens is 356 g/mol. The van der Waals surface area contributed by atoms with Crippen molar-refractivity contribution in [2.24, 2.45) is 0 Å². The Labute approximate surface area is 157 Å². The number of rotatable bonds is 6. The molecule has 1 N–H and O–H groups in total. The molecule has 0 spiro atoms. The minimum atomic E-state index is -0.413. The number of nitrogens with zero attached hydrogens (tertiary/aromatic N) is 1. The maximum atomic E-state index is 11.2. The van der Waals surface area contributed by atoms with E-state index in [0.717, 1.165) is 22.4 Å². The lowest BCUT2D eigenvalue weighted by molar-refractivity contribution is -0.134. The van der Waals surface area contributed by atoms with Gasteiger partial charge in [-0.05, 0) is 35.9 Å². The summed E-state index contributed by atoms with van der Waals surface area (Å²) in [6.07, 6.45) is 3.00. The van der Waals surface area contributed by atoms with Crippen LogP contribution in [0.4, 0.5) is 0 Å². The summed E-state index contributed by atoms with van der Waals surface area (Å²) in [7, 11) is 2.90. The number of hydrogen-bond donors (Lipinski definition) is 1. The summed E-state index contributed by atoms with van der Waals surface area (Å²) in [5.41, 5.74) is 2.67. The highest BCUT2D eigenvalue weighted by atomic mass is 35.5. The molecule has 0 radical (unpaired) electrons. The molecule has 0 aliphatic rings. The summed E-state index contributed by atoms with van der Waals surface area (Å²) in [5.74, 6) is 1.49. The van der Waals surface area contributed by atoms with E-state index >= 15 is 0 Å². The van der Waals surface area contributed by atoms with Crippen LogP contribution in [0.1, 0.15) is 11.4 Å². The molecule has 0 saturated heterocycles. The van der Waals surface area contributed by atoms with E-state index < -0.39 is 5.97 Å². The Morgan fingerprint density at radius 1 is 1.15 bits per heavy atom. The van der Waals surface area contributed by atoms with Crippen LogP contribution >= 0.6 is 12.4 Å². The van der Waals surface area contributed by atoms with Gasteiger partial charge in [0.05, 0.1) is 25.3 Å². The van der Waals surface area contributed by atoms with Gasteiger partial charge in [-0.15, -0.1) is 12.4 Å². The zero-order valence-electron chi connectivity index (χ0n) is 14.4. The highest BCUT2D eigenvalue weighted by molar-refractivity contribution is 5.87. The number of hydrogen-bond acceptors (Lipinski definition) is 5. The first-order valence-corrected chi connectivity index (χ1v) is 7.70. The van der Waals surface area contributed by atoms with Crippen molar-refractivity contribution in [3.05, 3.63) is 59.9 Å². The lowest BCUT2D eigenvalue weighted by atomic mass is 10.2. The molecule has 6 nitrogen and oxygen atoms in total. The molecule has 0 aliphatic carbocycles. The smallest absolute Gasteiger partial charge is 0.330 e. The highest BCUT2D eigenvalue weighted by Gasteiger charge is 2.08. The number of para-hydroxylation sites is 2. The molecule has 1 heterocycles. The van der Waals surface area contributed by atoms with Crippen LogP contribution in [-0.2, 0) is 16.1 Å². The standard InChI is InChI=1S/C19H18N2O4.ClH/c1-23-17-11-13(8-10-19(22)24-2)7-9-16(17)25-12-18-20-14-5-3-4-6-15(14)21-18;/h3-11H,12H2,1-2H3,(H,20,21);1H/b10-8+;. The van der Waals surface area contributed by atoms with Crippen LogP contribution in [0, 0.1) is 0 Å². The number of esters is 1. The molecule has 0 fully saturated rings. The van der Waals surface area contributed by atoms with Gasteiger partial charge in [0.15, 0.2) is 11.5 Å². The number of ether oxygens (including phenoxy) is 3. The number of aromatic nitrogens is 2. The average molecular weight is 375 g/mol. The van der Waals surface area contributed by atoms with Crippen LogP contribution in [-0.4, -0.2) is 30.2 Å². The van der Waals surface area contributed by atoms with E-state index in [1.54, 1.807) is 25.3 Å². The minimum Gasteiger partial charge on any atom is -0.493 e. The normalized spacial score (nSPS) is 10.5. The molecule has 0 bridgehead atoms. The van der Waals surface area contributed by atoms with Crippen LogP contribution in [0.5, 0.6) is 11.5 Å². The average Bonchev–Trinajstić information content (AvgIpc) is 3.07. The summed E-state index contributed by atoms with van der Waals surface area (Å²) in [5, 5.41) is 0. The van der Waals surface area contributed by atoms with E-state index in [0.29, 0.717) is 18.1 Å². The molecule has 1 aromatic heterocycles. The number of benzene rings is 2. The molecule has 2 aromatic carbocycles. The molecule has 26 heavy (non-hydrogen) atoms. The number of H-pyrrole nitrogens is 1. The number of carbonyl (C=O) groups is 1. The highest BCUT2D eigenvalue weighted by Crippen LogP contribution is 2.29. The second-order valence-electron chi connectivity index (χ2n) is 5.26. The number of halogens is 1. The van der Waals surface area contributed by atoms with Crippen LogP contribution in [0.3, 0.4) is 0 Å². The van der Waals surface area contributed by atoms with Gasteiger partial charge in [0, 0.05) is 6.08 Å². The SMILES string of the molecule is COC(=O)/C=C/c1ccc(OCc2nc3ccccc3[nH]2)c(OC)c1.Cl. The van der Waals surface area contributed by atoms with Gasteiger partial charge in [-0.1, -0.05) is 18.2 Å². The fourth-order valence-corrected chi connectivity index (χ4v) is 2.36. The second kappa shape index (κ2) is 8.92. The van der Waals surface area contributed by atoms with Gasteiger partial charge in [-0.3, -0.25) is 0 Å². The maximum absolute atomic E-state index is 11.2. The summed E-state index contributed by atoms with van der Waals surface area (Å²) < 4.78 is 15.7. The van der Waals surface area contributed by atoms with Crippen LogP contribution in [0.25, 0.3) is 17.1 Å². The van der Waals surface area contributed by atoms with Crippen molar-refractivity contribution in [1.29, 1.82) is 0 Å². The third-order valence-electron chi connectivity index (χ3n) is 3.60. The Balaban J connectivity index is 0.00000243. The topological polar surface area (TPSA) is 73.4 Å². The molecule has 3 rings (SSSR count). The third kappa shape index (κ3) is 4.55. The lowest BCUT2D eigenvalue weighted by Gasteiger charge is -2.10. The zero-order chi connectivity index (χ0) is 17.6. The monoisotopic (exact) mass is 374 g/mol. The van der Waals surface area contributed by atoms with Crippen molar-refractivity contribution in [3.63, 3.8) is 0 Å². The minimum absolute atomic E-state index is 0. The number of nitrogens with one attached hydrogen (secondary N) is 1. The maximum Gasteiger partial charge on any atom is 0.330 e. The number of imidazole rings is 1. The lowest BCUT2D eigenvalue weighted by Crippen LogP contribution is -1.99. The van der Waals surface area contributed by atoms with Crippen LogP contribution in [0.2, 0.25) is 0 Å². The Hall–Kier alpha value is -2.99. The first kappa shape index (κ1) is 19.3. The molecule has 0 saturated carbocycles. The number of fused-ring (bicyclic) bond motifs is 1. The van der Waals surface area contributed by atoms with Crippen molar-refractivity contribution in [2.45, 2.75) is 6.61 Å². The van der Waals surface area contributed by atoms with Gasteiger partial charge in [0.1, 0.15) is 12.4 Å². The van der Waals surface area contributed by atoms with E-state index in [1.807, 2.05) is 30.3 Å². The Kier molecular flexibility index (Phi) is 6.63. The molecule has 0 unspecified atom stereocenters. The van der Waals surface area contributed by atoms with Gasteiger partial charge in [-0.2, -0.15) is 0 Å². The Morgan fingerprint density at radius 2 is 1.96 bits per heavy atom. The fraction of sp³-hybridized carbons (Fsp3) is 0.158. The van der Waals surface area contributed by atoms with Crippen LogP contribution < -0.4 is 9.47 Å². The Morgan fingerprint density at radius 3 is 2.69 bits per heavy atom.